The number of hydrogen-bond acceptors (Lipinski definition) is 6. The summed E-state index contributed by atoms with van der Waals surface area (Å²) in [6.45, 7) is 4.39. The Hall–Kier alpha value is -1.28. The van der Waals surface area contributed by atoms with Gasteiger partial charge in [-0.15, -0.1) is 0 Å². The second kappa shape index (κ2) is 23.4. The number of unbranched alkanes of at least 4 members (excludes halogenated alkanes) is 8. The Morgan fingerprint density at radius 3 is 2.03 bits per heavy atom. The molecule has 0 aliphatic carbocycles. The highest BCUT2D eigenvalue weighted by molar-refractivity contribution is 7.45. The van der Waals surface area contributed by atoms with E-state index in [1.807, 2.05) is 27.2 Å². The molecule has 3 atom stereocenters. The Morgan fingerprint density at radius 2 is 1.44 bits per heavy atom. The van der Waals surface area contributed by atoms with Gasteiger partial charge in [0.1, 0.15) is 13.2 Å². The zero-order valence-electron chi connectivity index (χ0n) is 25.3. The highest BCUT2D eigenvalue weighted by Crippen LogP contribution is 2.38. The van der Waals surface area contributed by atoms with E-state index in [1.54, 1.807) is 6.08 Å². The van der Waals surface area contributed by atoms with Crippen molar-refractivity contribution in [2.75, 3.05) is 40.9 Å². The van der Waals surface area contributed by atoms with Gasteiger partial charge in [-0.25, -0.2) is 0 Å². The summed E-state index contributed by atoms with van der Waals surface area (Å²) in [6, 6.07) is -0.899. The number of aliphatic hydroxyl groups is 1. The van der Waals surface area contributed by atoms with Crippen molar-refractivity contribution in [3.8, 4) is 0 Å². The van der Waals surface area contributed by atoms with Crippen molar-refractivity contribution >= 4 is 13.7 Å². The van der Waals surface area contributed by atoms with Gasteiger partial charge in [0.2, 0.25) is 5.91 Å². The van der Waals surface area contributed by atoms with Crippen LogP contribution in [0.4, 0.5) is 0 Å². The topological polar surface area (TPSA) is 108 Å². The van der Waals surface area contributed by atoms with Crippen LogP contribution in [0.3, 0.4) is 0 Å². The third-order valence-electron chi connectivity index (χ3n) is 6.08. The smallest absolute Gasteiger partial charge is 0.268 e. The number of nitrogens with one attached hydrogen (secondary N) is 1. The molecule has 0 radical (unpaired) electrons. The second-order valence-corrected chi connectivity index (χ2v) is 12.5. The molecule has 9 heteroatoms. The van der Waals surface area contributed by atoms with Crippen molar-refractivity contribution in [3.05, 3.63) is 36.5 Å². The molecule has 0 bridgehead atoms. The van der Waals surface area contributed by atoms with Crippen LogP contribution in [0, 0.1) is 0 Å². The zero-order chi connectivity index (χ0) is 29.4. The summed E-state index contributed by atoms with van der Waals surface area (Å²) in [5.74, 6) is -0.235. The summed E-state index contributed by atoms with van der Waals surface area (Å²) >= 11 is 0. The number of hydrogen-bond donors (Lipinski definition) is 2. The summed E-state index contributed by atoms with van der Waals surface area (Å²) < 4.78 is 22.7. The number of nitrogens with zero attached hydrogens (tertiary/aromatic N) is 1. The van der Waals surface area contributed by atoms with Gasteiger partial charge in [-0.3, -0.25) is 9.36 Å². The minimum absolute atomic E-state index is 0.00997. The molecule has 39 heavy (non-hydrogen) atoms. The molecule has 0 fully saturated rings. The lowest BCUT2D eigenvalue weighted by Crippen LogP contribution is -2.45. The quantitative estimate of drug-likeness (QED) is 0.0618. The van der Waals surface area contributed by atoms with Gasteiger partial charge in [0, 0.05) is 6.42 Å². The van der Waals surface area contributed by atoms with Crippen molar-refractivity contribution in [2.24, 2.45) is 0 Å². The lowest BCUT2D eigenvalue weighted by atomic mass is 10.1. The number of quaternary nitrogens is 1. The lowest BCUT2D eigenvalue weighted by Gasteiger charge is -2.29. The van der Waals surface area contributed by atoms with Crippen molar-refractivity contribution < 1.29 is 32.9 Å². The average Bonchev–Trinajstić information content (AvgIpc) is 2.86. The van der Waals surface area contributed by atoms with Gasteiger partial charge in [0.15, 0.2) is 0 Å². The van der Waals surface area contributed by atoms with E-state index in [2.05, 4.69) is 43.5 Å². The van der Waals surface area contributed by atoms with E-state index in [0.717, 1.165) is 57.8 Å². The first-order chi connectivity index (χ1) is 18.5. The maximum Gasteiger partial charge on any atom is 0.268 e. The van der Waals surface area contributed by atoms with Gasteiger partial charge in [-0.1, -0.05) is 82.4 Å². The molecular formula is C30H57N2O6P. The van der Waals surface area contributed by atoms with Crippen LogP contribution in [0.2, 0.25) is 0 Å². The fraction of sp³-hybridized carbons (Fsp3) is 0.767. The summed E-state index contributed by atoms with van der Waals surface area (Å²) in [5.41, 5.74) is 0. The molecule has 0 aliphatic heterocycles. The van der Waals surface area contributed by atoms with Crippen molar-refractivity contribution in [1.29, 1.82) is 0 Å². The number of carbonyl (C=O) groups excluding carboxylic acids is 1. The summed E-state index contributed by atoms with van der Waals surface area (Å²) in [4.78, 5) is 24.6. The third kappa shape index (κ3) is 25.4. The first-order valence-electron chi connectivity index (χ1n) is 14.9. The average molecular weight is 573 g/mol. The van der Waals surface area contributed by atoms with E-state index in [1.165, 1.54) is 19.3 Å². The number of rotatable bonds is 25. The summed E-state index contributed by atoms with van der Waals surface area (Å²) in [6.07, 6.45) is 23.9. The Labute approximate surface area is 238 Å². The van der Waals surface area contributed by atoms with Crippen molar-refractivity contribution in [1.82, 2.24) is 5.32 Å². The number of phosphoric acid groups is 1. The number of allylic oxidation sites excluding steroid dienone is 5. The fourth-order valence-electron chi connectivity index (χ4n) is 3.59. The molecular weight excluding hydrogens is 515 g/mol. The van der Waals surface area contributed by atoms with Gasteiger partial charge in [0.25, 0.3) is 7.82 Å². The number of aliphatic hydroxyl groups excluding tert-OH is 1. The fourth-order valence-corrected chi connectivity index (χ4v) is 4.31. The van der Waals surface area contributed by atoms with Crippen LogP contribution in [0.15, 0.2) is 36.5 Å². The van der Waals surface area contributed by atoms with Crippen LogP contribution in [-0.2, 0) is 18.4 Å². The minimum atomic E-state index is -4.57. The maximum atomic E-state index is 12.4. The van der Waals surface area contributed by atoms with Crippen LogP contribution in [0.1, 0.15) is 97.3 Å². The first-order valence-corrected chi connectivity index (χ1v) is 16.3. The molecule has 0 aliphatic rings. The lowest BCUT2D eigenvalue weighted by molar-refractivity contribution is -0.870. The molecule has 0 aromatic carbocycles. The number of phosphoric ester groups is 1. The van der Waals surface area contributed by atoms with Crippen LogP contribution in [-0.4, -0.2) is 68.5 Å². The van der Waals surface area contributed by atoms with Crippen molar-refractivity contribution in [2.45, 2.75) is 109 Å². The highest BCUT2D eigenvalue weighted by Gasteiger charge is 2.23. The molecule has 1 amide bonds. The van der Waals surface area contributed by atoms with Crippen LogP contribution in [0.5, 0.6) is 0 Å². The molecule has 0 spiro atoms. The van der Waals surface area contributed by atoms with E-state index < -0.39 is 26.6 Å². The largest absolute Gasteiger partial charge is 0.756 e. The standard InChI is InChI=1S/C30H57N2O6P/c1-6-8-10-12-13-14-15-16-17-18-19-20-21-23-29(33)28(31-30(34)24-22-11-9-7-2)27-38-39(35,36)37-26-25-32(3,4)5/h13-14,17-18,21,23,28-29,33H,6-12,15-16,19-20,22,24-27H2,1-5H3,(H-,31,34,35,36)/b14-13+,18-17+,23-21+. The normalized spacial score (nSPS) is 15.8. The predicted molar refractivity (Wildman–Crippen MR) is 159 cm³/mol. The highest BCUT2D eigenvalue weighted by atomic mass is 31.2. The molecule has 2 N–H and O–H groups in total. The Morgan fingerprint density at radius 1 is 0.872 bits per heavy atom. The molecule has 3 unspecified atom stereocenters. The first kappa shape index (κ1) is 37.7. The summed E-state index contributed by atoms with van der Waals surface area (Å²) in [7, 11) is 1.22. The monoisotopic (exact) mass is 572 g/mol. The van der Waals surface area contributed by atoms with E-state index in [9.17, 15) is 19.4 Å². The third-order valence-corrected chi connectivity index (χ3v) is 7.04. The molecule has 0 aromatic rings. The van der Waals surface area contributed by atoms with E-state index in [4.69, 9.17) is 9.05 Å². The number of likely N-dealkylation sites (N-methyl/N-ethyl adjacent to an activating group) is 1. The molecule has 0 rings (SSSR count). The van der Waals surface area contributed by atoms with Gasteiger partial charge in [-0.05, 0) is 44.9 Å². The van der Waals surface area contributed by atoms with E-state index in [-0.39, 0.29) is 12.5 Å². The summed E-state index contributed by atoms with van der Waals surface area (Å²) in [5, 5.41) is 13.4. The molecule has 228 valence electrons. The van der Waals surface area contributed by atoms with E-state index >= 15 is 0 Å². The van der Waals surface area contributed by atoms with Gasteiger partial charge in [-0.2, -0.15) is 0 Å². The Balaban J connectivity index is 4.69. The molecule has 0 saturated heterocycles. The molecule has 0 aromatic heterocycles. The van der Waals surface area contributed by atoms with Gasteiger partial charge < -0.3 is 28.8 Å². The van der Waals surface area contributed by atoms with Crippen LogP contribution >= 0.6 is 7.82 Å². The van der Waals surface area contributed by atoms with Gasteiger partial charge >= 0.3 is 0 Å². The van der Waals surface area contributed by atoms with Crippen molar-refractivity contribution in [3.63, 3.8) is 0 Å². The molecule has 8 nitrogen and oxygen atoms in total. The number of carbonyl (C=O) groups is 1. The van der Waals surface area contributed by atoms with E-state index in [0.29, 0.717) is 17.4 Å². The molecule has 0 saturated carbocycles. The minimum Gasteiger partial charge on any atom is -0.756 e. The SMILES string of the molecule is CCCCC/C=C/CC/C=C/CC/C=C/C(O)C(COP(=O)([O-])OCC[N+](C)(C)C)NC(=O)CCCCCC. The predicted octanol–water partition coefficient (Wildman–Crippen LogP) is 5.82. The Bertz CT molecular complexity index is 748. The maximum absolute atomic E-state index is 12.4. The number of amides is 1. The zero-order valence-corrected chi connectivity index (χ0v) is 26.2. The Kier molecular flexibility index (Phi) is 22.7. The molecule has 0 heterocycles. The van der Waals surface area contributed by atoms with Crippen LogP contribution < -0.4 is 10.2 Å². The second-order valence-electron chi connectivity index (χ2n) is 11.1. The van der Waals surface area contributed by atoms with Crippen LogP contribution in [0.25, 0.3) is 0 Å². The van der Waals surface area contributed by atoms with Gasteiger partial charge in [0.05, 0.1) is 39.9 Å².